The van der Waals surface area contributed by atoms with Crippen molar-refractivity contribution in [3.8, 4) is 28.6 Å². The zero-order chi connectivity index (χ0) is 32.7. The summed E-state index contributed by atoms with van der Waals surface area (Å²) in [6, 6.07) is 15.3. The van der Waals surface area contributed by atoms with Crippen molar-refractivity contribution < 1.29 is 22.6 Å². The minimum atomic E-state index is -4.35. The van der Waals surface area contributed by atoms with Crippen LogP contribution in [0.5, 0.6) is 0 Å². The van der Waals surface area contributed by atoms with Gasteiger partial charge in [0.05, 0.1) is 68.7 Å². The molecule has 0 amide bonds. The van der Waals surface area contributed by atoms with E-state index >= 15 is 0 Å². The number of aromatic nitrogens is 2. The lowest BCUT2D eigenvalue weighted by atomic mass is 9.92. The number of hydrogen-bond donors (Lipinski definition) is 0. The minimum Gasteiger partial charge on any atom is -0.381 e. The molecular formula is C32H31Br2F3N4O2S2. The Kier molecular flexibility index (Phi) is 15.1. The van der Waals surface area contributed by atoms with Gasteiger partial charge in [-0.25, -0.2) is 16.5 Å². The van der Waals surface area contributed by atoms with Crippen LogP contribution < -0.4 is 0 Å². The molecule has 1 saturated heterocycles. The largest absolute Gasteiger partial charge is 0.416 e. The van der Waals surface area contributed by atoms with Gasteiger partial charge in [-0.2, -0.15) is 18.4 Å². The van der Waals surface area contributed by atoms with Crippen molar-refractivity contribution in [1.29, 1.82) is 5.26 Å². The molecule has 6 nitrogen and oxygen atoms in total. The summed E-state index contributed by atoms with van der Waals surface area (Å²) in [5.41, 5.74) is 3.20. The molecule has 0 bridgehead atoms. The Morgan fingerprint density at radius 1 is 0.956 bits per heavy atom. The second-order valence-corrected chi connectivity index (χ2v) is 13.1. The monoisotopic (exact) mass is 782 g/mol. The summed E-state index contributed by atoms with van der Waals surface area (Å²) in [7, 11) is 0. The van der Waals surface area contributed by atoms with E-state index in [0.717, 1.165) is 52.3 Å². The first-order chi connectivity index (χ1) is 21.7. The van der Waals surface area contributed by atoms with Crippen molar-refractivity contribution in [2.75, 3.05) is 37.1 Å². The molecule has 4 aromatic rings. The van der Waals surface area contributed by atoms with E-state index in [1.54, 1.807) is 5.38 Å². The van der Waals surface area contributed by atoms with E-state index in [4.69, 9.17) is 21.3 Å². The summed E-state index contributed by atoms with van der Waals surface area (Å²) < 4.78 is 48.2. The number of rotatable bonds is 8. The number of nitrogens with zero attached hydrogens (tertiary/aromatic N) is 4. The zero-order valence-corrected chi connectivity index (χ0v) is 29.3. The van der Waals surface area contributed by atoms with Crippen LogP contribution in [-0.2, 0) is 27.6 Å². The van der Waals surface area contributed by atoms with Gasteiger partial charge >= 0.3 is 6.18 Å². The molecule has 13 heteroatoms. The highest BCUT2D eigenvalue weighted by Gasteiger charge is 2.43. The molecular weight excluding hydrogens is 753 g/mol. The smallest absolute Gasteiger partial charge is 0.381 e. The summed E-state index contributed by atoms with van der Waals surface area (Å²) in [5.74, 6) is 0. The third-order valence-corrected chi connectivity index (χ3v) is 9.05. The molecule has 1 aliphatic rings. The molecule has 2 aromatic heterocycles. The third kappa shape index (κ3) is 11.3. The zero-order valence-electron chi connectivity index (χ0n) is 24.4. The summed E-state index contributed by atoms with van der Waals surface area (Å²) in [6.07, 6.45) is -2.76. The molecule has 45 heavy (non-hydrogen) atoms. The lowest BCUT2D eigenvalue weighted by molar-refractivity contribution is -0.137. The van der Waals surface area contributed by atoms with E-state index in [1.165, 1.54) is 40.4 Å². The highest BCUT2D eigenvalue weighted by molar-refractivity contribution is 9.09. The number of halogens is 5. The lowest BCUT2D eigenvalue weighted by Gasteiger charge is -2.24. The van der Waals surface area contributed by atoms with Crippen molar-refractivity contribution in [3.05, 3.63) is 91.9 Å². The van der Waals surface area contributed by atoms with Gasteiger partial charge in [-0.3, -0.25) is 0 Å². The Bertz CT molecular complexity index is 1540. The molecule has 1 fully saturated rings. The molecule has 3 heterocycles. The van der Waals surface area contributed by atoms with Crippen molar-refractivity contribution in [1.82, 2.24) is 9.97 Å². The van der Waals surface area contributed by atoms with Crippen LogP contribution in [-0.4, -0.2) is 47.1 Å². The molecule has 5 rings (SSSR count). The van der Waals surface area contributed by atoms with E-state index in [1.807, 2.05) is 5.38 Å². The number of benzene rings is 2. The van der Waals surface area contributed by atoms with Crippen LogP contribution in [0.1, 0.15) is 34.0 Å². The standard InChI is InChI=1S/C16H13F3N2OS.C12H10N2S.C4H8Br2O/c1-20-15(6-8-22-9-7-15)14-21-13(10-23-14)11-2-4-12(5-3-11)16(17,18)19;1-9-2-4-10(5-3-9)11-8-15-12(14-11)6-7-13;5-1-3-7-4-2-6/h2-5,10H,6-9H2;2-5,8H,6H2,1H3;1-4H2. The van der Waals surface area contributed by atoms with Gasteiger partial charge < -0.3 is 14.3 Å². The molecule has 0 atom stereocenters. The van der Waals surface area contributed by atoms with Gasteiger partial charge in [-0.1, -0.05) is 73.8 Å². The number of alkyl halides is 5. The topological polar surface area (TPSA) is 72.4 Å². The maximum Gasteiger partial charge on any atom is 0.416 e. The molecule has 2 aromatic carbocycles. The Balaban J connectivity index is 0.000000215. The number of nitriles is 1. The average Bonchev–Trinajstić information content (AvgIpc) is 3.74. The van der Waals surface area contributed by atoms with Crippen LogP contribution in [0, 0.1) is 24.8 Å². The van der Waals surface area contributed by atoms with Gasteiger partial charge in [0.2, 0.25) is 0 Å². The Labute approximate surface area is 286 Å². The maximum atomic E-state index is 12.6. The first kappa shape index (κ1) is 36.8. The van der Waals surface area contributed by atoms with Crippen molar-refractivity contribution in [2.24, 2.45) is 0 Å². The van der Waals surface area contributed by atoms with E-state index in [2.05, 4.69) is 83.9 Å². The van der Waals surface area contributed by atoms with Crippen molar-refractivity contribution in [3.63, 3.8) is 0 Å². The Morgan fingerprint density at radius 3 is 2.04 bits per heavy atom. The summed E-state index contributed by atoms with van der Waals surface area (Å²) in [6.45, 7) is 12.2. The first-order valence-corrected chi connectivity index (χ1v) is 17.8. The molecule has 0 radical (unpaired) electrons. The van der Waals surface area contributed by atoms with E-state index < -0.39 is 17.3 Å². The van der Waals surface area contributed by atoms with Gasteiger partial charge in [0.1, 0.15) is 5.01 Å². The fraction of sp³-hybridized carbons (Fsp3) is 0.375. The fourth-order valence-corrected chi connectivity index (χ4v) is 6.29. The molecule has 0 aliphatic carbocycles. The summed E-state index contributed by atoms with van der Waals surface area (Å²) in [5, 5.41) is 15.8. The van der Waals surface area contributed by atoms with Gasteiger partial charge in [-0.05, 0) is 19.1 Å². The van der Waals surface area contributed by atoms with E-state index in [0.29, 0.717) is 48.7 Å². The maximum absolute atomic E-state index is 12.6. The van der Waals surface area contributed by atoms with Gasteiger partial charge in [0.15, 0.2) is 5.01 Å². The predicted molar refractivity (Wildman–Crippen MR) is 181 cm³/mol. The molecule has 0 unspecified atom stereocenters. The summed E-state index contributed by atoms with van der Waals surface area (Å²) >= 11 is 9.40. The Hall–Kier alpha value is -2.65. The number of hydrogen-bond acceptors (Lipinski definition) is 7. The molecule has 238 valence electrons. The number of thiazole rings is 2. The van der Waals surface area contributed by atoms with Gasteiger partial charge in [-0.15, -0.1) is 22.7 Å². The molecule has 0 saturated carbocycles. The molecule has 0 N–H and O–H groups in total. The highest BCUT2D eigenvalue weighted by Crippen LogP contribution is 2.40. The predicted octanol–water partition coefficient (Wildman–Crippen LogP) is 9.73. The minimum absolute atomic E-state index is 0.399. The Morgan fingerprint density at radius 2 is 1.51 bits per heavy atom. The lowest BCUT2D eigenvalue weighted by Crippen LogP contribution is -2.30. The first-order valence-electron chi connectivity index (χ1n) is 13.8. The van der Waals surface area contributed by atoms with Gasteiger partial charge in [0.25, 0.3) is 5.54 Å². The number of ether oxygens (including phenoxy) is 2. The quantitative estimate of drug-likeness (QED) is 0.101. The van der Waals surface area contributed by atoms with Crippen LogP contribution in [0.3, 0.4) is 0 Å². The van der Waals surface area contributed by atoms with Gasteiger partial charge in [0, 0.05) is 32.5 Å². The van der Waals surface area contributed by atoms with Crippen LogP contribution in [0.25, 0.3) is 27.4 Å². The second kappa shape index (κ2) is 18.5. The van der Waals surface area contributed by atoms with E-state index in [-0.39, 0.29) is 0 Å². The van der Waals surface area contributed by atoms with Crippen molar-refractivity contribution >= 4 is 54.5 Å². The SMILES string of the molecule is BrCCOCCBr.Cc1ccc(-c2csc(CC#N)n2)cc1.[C-]#[N+]C1(c2nc(-c3ccc(C(F)(F)F)cc3)cs2)CCOCC1. The number of aryl methyl sites for hydroxylation is 1. The van der Waals surface area contributed by atoms with Crippen LogP contribution in [0.4, 0.5) is 13.2 Å². The highest BCUT2D eigenvalue weighted by atomic mass is 79.9. The normalized spacial score (nSPS) is 13.8. The van der Waals surface area contributed by atoms with Crippen LogP contribution >= 0.6 is 54.5 Å². The fourth-order valence-electron chi connectivity index (χ4n) is 4.06. The second-order valence-electron chi connectivity index (χ2n) is 9.69. The average molecular weight is 785 g/mol. The third-order valence-electron chi connectivity index (χ3n) is 6.52. The van der Waals surface area contributed by atoms with Crippen LogP contribution in [0.2, 0.25) is 0 Å². The molecule has 0 spiro atoms. The summed E-state index contributed by atoms with van der Waals surface area (Å²) in [4.78, 5) is 12.7. The molecule has 1 aliphatic heterocycles. The van der Waals surface area contributed by atoms with Crippen LogP contribution in [0.15, 0.2) is 59.3 Å². The van der Waals surface area contributed by atoms with Crippen molar-refractivity contribution in [2.45, 2.75) is 37.9 Å². The van der Waals surface area contributed by atoms with E-state index in [9.17, 15) is 13.2 Å².